The monoisotopic (exact) mass is 290 g/mol. The van der Waals surface area contributed by atoms with Crippen molar-refractivity contribution in [2.75, 3.05) is 0 Å². The van der Waals surface area contributed by atoms with Gasteiger partial charge in [0.1, 0.15) is 5.76 Å². The molecule has 6 heteroatoms. The van der Waals surface area contributed by atoms with Crippen molar-refractivity contribution in [2.24, 2.45) is 0 Å². The van der Waals surface area contributed by atoms with Gasteiger partial charge in [0.25, 0.3) is 0 Å². The topological polar surface area (TPSA) is 64.3 Å². The van der Waals surface area contributed by atoms with E-state index in [2.05, 4.69) is 11.1 Å². The van der Waals surface area contributed by atoms with Gasteiger partial charge in [-0.05, 0) is 30.5 Å². The third kappa shape index (κ3) is 2.91. The summed E-state index contributed by atoms with van der Waals surface area (Å²) in [5.41, 5.74) is 1.29. The molecule has 1 N–H and O–H groups in total. The third-order valence-electron chi connectivity index (χ3n) is 3.22. The zero-order valence-electron chi connectivity index (χ0n) is 10.8. The van der Waals surface area contributed by atoms with E-state index in [0.29, 0.717) is 12.2 Å². The molecule has 5 nitrogen and oxygen atoms in total. The lowest BCUT2D eigenvalue weighted by atomic mass is 10.0. The van der Waals surface area contributed by atoms with E-state index in [4.69, 9.17) is 9.84 Å². The van der Waals surface area contributed by atoms with E-state index in [1.807, 2.05) is 23.2 Å². The SMILES string of the molecule is O=C(O)OC1=Cc2sc(CCn3ccnc3)cc2CC1. The predicted octanol–water partition coefficient (Wildman–Crippen LogP) is 3.17. The maximum absolute atomic E-state index is 10.6. The number of imidazole rings is 1. The summed E-state index contributed by atoms with van der Waals surface area (Å²) < 4.78 is 6.80. The molecule has 1 aliphatic rings. The number of rotatable bonds is 4. The predicted molar refractivity (Wildman–Crippen MR) is 75.7 cm³/mol. The molecule has 0 saturated carbocycles. The van der Waals surface area contributed by atoms with Crippen LogP contribution in [-0.4, -0.2) is 20.8 Å². The molecule has 0 radical (unpaired) electrons. The second-order valence-corrected chi connectivity index (χ2v) is 5.80. The molecule has 0 aliphatic heterocycles. The van der Waals surface area contributed by atoms with E-state index < -0.39 is 6.16 Å². The van der Waals surface area contributed by atoms with Gasteiger partial charge in [-0.3, -0.25) is 0 Å². The fraction of sp³-hybridized carbons (Fsp3) is 0.286. The van der Waals surface area contributed by atoms with E-state index in [1.165, 1.54) is 10.4 Å². The van der Waals surface area contributed by atoms with E-state index in [1.54, 1.807) is 17.5 Å². The van der Waals surface area contributed by atoms with Gasteiger partial charge in [-0.1, -0.05) is 0 Å². The van der Waals surface area contributed by atoms with Crippen molar-refractivity contribution in [2.45, 2.75) is 25.8 Å². The molecule has 2 heterocycles. The van der Waals surface area contributed by atoms with Gasteiger partial charge in [-0.15, -0.1) is 11.3 Å². The molecule has 3 rings (SSSR count). The van der Waals surface area contributed by atoms with Crippen LogP contribution in [0.1, 0.15) is 21.7 Å². The highest BCUT2D eigenvalue weighted by Crippen LogP contribution is 2.32. The molecule has 104 valence electrons. The minimum atomic E-state index is -1.24. The summed E-state index contributed by atoms with van der Waals surface area (Å²) in [6.45, 7) is 0.904. The van der Waals surface area contributed by atoms with Crippen molar-refractivity contribution in [1.29, 1.82) is 0 Å². The van der Waals surface area contributed by atoms with Gasteiger partial charge in [-0.25, -0.2) is 9.78 Å². The summed E-state index contributed by atoms with van der Waals surface area (Å²) in [5.74, 6) is 0.535. The maximum Gasteiger partial charge on any atom is 0.511 e. The van der Waals surface area contributed by atoms with Crippen LogP contribution in [-0.2, 0) is 24.1 Å². The minimum Gasteiger partial charge on any atom is -0.449 e. The second kappa shape index (κ2) is 5.50. The van der Waals surface area contributed by atoms with Crippen molar-refractivity contribution in [3.8, 4) is 0 Å². The standard InChI is InChI=1S/C14H14N2O3S/c17-14(18)19-11-2-1-10-7-12(20-13(10)8-11)3-5-16-6-4-15-9-16/h4,6-9H,1-3,5H2,(H,17,18). The number of aromatic nitrogens is 2. The summed E-state index contributed by atoms with van der Waals surface area (Å²) >= 11 is 1.70. The summed E-state index contributed by atoms with van der Waals surface area (Å²) in [4.78, 5) is 17.0. The van der Waals surface area contributed by atoms with Gasteiger partial charge < -0.3 is 14.4 Å². The number of allylic oxidation sites excluding steroid dienone is 1. The molecule has 0 unspecified atom stereocenters. The number of aryl methyl sites for hydroxylation is 3. The van der Waals surface area contributed by atoms with Gasteiger partial charge in [0.05, 0.1) is 6.33 Å². The van der Waals surface area contributed by atoms with Crippen molar-refractivity contribution < 1.29 is 14.6 Å². The highest BCUT2D eigenvalue weighted by molar-refractivity contribution is 7.13. The zero-order valence-corrected chi connectivity index (χ0v) is 11.6. The molecule has 0 fully saturated rings. The number of carboxylic acid groups (broad SMARTS) is 1. The molecule has 0 aromatic carbocycles. The molecule has 0 atom stereocenters. The number of thiophene rings is 1. The number of fused-ring (bicyclic) bond motifs is 1. The highest BCUT2D eigenvalue weighted by Gasteiger charge is 2.16. The Morgan fingerprint density at radius 1 is 1.50 bits per heavy atom. The van der Waals surface area contributed by atoms with Crippen LogP contribution in [0.25, 0.3) is 6.08 Å². The van der Waals surface area contributed by atoms with Gasteiger partial charge in [-0.2, -0.15) is 0 Å². The smallest absolute Gasteiger partial charge is 0.449 e. The first-order valence-corrected chi connectivity index (χ1v) is 7.21. The van der Waals surface area contributed by atoms with Gasteiger partial charge in [0.2, 0.25) is 0 Å². The number of hydrogen-bond donors (Lipinski definition) is 1. The first-order valence-electron chi connectivity index (χ1n) is 6.39. The average molecular weight is 290 g/mol. The van der Waals surface area contributed by atoms with Crippen LogP contribution in [0.3, 0.4) is 0 Å². The summed E-state index contributed by atoms with van der Waals surface area (Å²) in [7, 11) is 0. The van der Waals surface area contributed by atoms with Crippen molar-refractivity contribution in [1.82, 2.24) is 9.55 Å². The lowest BCUT2D eigenvalue weighted by Crippen LogP contribution is -2.04. The van der Waals surface area contributed by atoms with E-state index >= 15 is 0 Å². The van der Waals surface area contributed by atoms with Crippen LogP contribution >= 0.6 is 11.3 Å². The Labute approximate surface area is 120 Å². The summed E-state index contributed by atoms with van der Waals surface area (Å²) in [5, 5.41) is 8.64. The number of nitrogens with zero attached hydrogens (tertiary/aromatic N) is 2. The summed E-state index contributed by atoms with van der Waals surface area (Å²) in [6.07, 6.45) is 8.59. The molecule has 2 aromatic heterocycles. The van der Waals surface area contributed by atoms with Crippen LogP contribution < -0.4 is 0 Å². The fourth-order valence-electron chi connectivity index (χ4n) is 2.27. The third-order valence-corrected chi connectivity index (χ3v) is 4.40. The Morgan fingerprint density at radius 2 is 2.40 bits per heavy atom. The summed E-state index contributed by atoms with van der Waals surface area (Å²) in [6, 6.07) is 2.21. The van der Waals surface area contributed by atoms with Crippen LogP contribution in [0.2, 0.25) is 0 Å². The number of carbonyl (C=O) groups is 1. The fourth-order valence-corrected chi connectivity index (χ4v) is 3.43. The quantitative estimate of drug-likeness (QED) is 0.878. The Hall–Kier alpha value is -2.08. The number of ether oxygens (including phenoxy) is 1. The Morgan fingerprint density at radius 3 is 3.15 bits per heavy atom. The molecule has 2 aromatic rings. The zero-order chi connectivity index (χ0) is 13.9. The first-order chi connectivity index (χ1) is 9.70. The van der Waals surface area contributed by atoms with Gasteiger partial charge in [0, 0.05) is 35.1 Å². The lowest BCUT2D eigenvalue weighted by molar-refractivity contribution is 0.117. The molecule has 0 amide bonds. The van der Waals surface area contributed by atoms with E-state index in [9.17, 15) is 4.79 Å². The number of hydrogen-bond acceptors (Lipinski definition) is 4. The van der Waals surface area contributed by atoms with E-state index in [-0.39, 0.29) is 0 Å². The highest BCUT2D eigenvalue weighted by atomic mass is 32.1. The molecule has 20 heavy (non-hydrogen) atoms. The minimum absolute atomic E-state index is 0.535. The van der Waals surface area contributed by atoms with Crippen LogP contribution in [0.15, 0.2) is 30.5 Å². The van der Waals surface area contributed by atoms with Crippen LogP contribution in [0.5, 0.6) is 0 Å². The van der Waals surface area contributed by atoms with Crippen molar-refractivity contribution in [3.05, 3.63) is 45.9 Å². The molecular formula is C14H14N2O3S. The van der Waals surface area contributed by atoms with Crippen molar-refractivity contribution >= 4 is 23.6 Å². The second-order valence-electron chi connectivity index (χ2n) is 4.63. The lowest BCUT2D eigenvalue weighted by Gasteiger charge is -2.10. The van der Waals surface area contributed by atoms with Gasteiger partial charge in [0.15, 0.2) is 0 Å². The largest absolute Gasteiger partial charge is 0.511 e. The van der Waals surface area contributed by atoms with Crippen LogP contribution in [0, 0.1) is 0 Å². The molecule has 0 bridgehead atoms. The molecular weight excluding hydrogens is 276 g/mol. The normalized spacial score (nSPS) is 13.7. The van der Waals surface area contributed by atoms with Crippen molar-refractivity contribution in [3.63, 3.8) is 0 Å². The molecule has 0 saturated heterocycles. The van der Waals surface area contributed by atoms with E-state index in [0.717, 1.165) is 24.3 Å². The Bertz CT molecular complexity index is 643. The van der Waals surface area contributed by atoms with Crippen LogP contribution in [0.4, 0.5) is 4.79 Å². The van der Waals surface area contributed by atoms with Gasteiger partial charge >= 0.3 is 6.16 Å². The molecule has 0 spiro atoms. The molecule has 1 aliphatic carbocycles. The Balaban J connectivity index is 1.70. The average Bonchev–Trinajstić information content (AvgIpc) is 3.04. The first kappa shape index (κ1) is 12.9. The Kier molecular flexibility index (Phi) is 3.56. The maximum atomic E-state index is 10.6.